The normalized spacial score (nSPS) is 11.6. The number of para-hydroxylation sites is 1. The van der Waals surface area contributed by atoms with Gasteiger partial charge in [0.25, 0.3) is 0 Å². The molecule has 0 amide bonds. The van der Waals surface area contributed by atoms with E-state index in [1.807, 2.05) is 12.1 Å². The van der Waals surface area contributed by atoms with E-state index >= 15 is 0 Å². The minimum atomic E-state index is 0.900. The molecule has 0 spiro atoms. The van der Waals surface area contributed by atoms with Crippen LogP contribution in [0.5, 0.6) is 0 Å². The highest BCUT2D eigenvalue weighted by Gasteiger charge is 2.18. The molecule has 0 aliphatic carbocycles. The van der Waals surface area contributed by atoms with Crippen molar-refractivity contribution in [3.05, 3.63) is 187 Å². The molecule has 10 rings (SSSR count). The van der Waals surface area contributed by atoms with E-state index in [9.17, 15) is 0 Å². The third-order valence-electron chi connectivity index (χ3n) is 10.5. The number of furan rings is 2. The van der Waals surface area contributed by atoms with Gasteiger partial charge in [-0.1, -0.05) is 115 Å². The molecule has 2 aromatic heterocycles. The fraction of sp³-hybridized carbons (Fsp3) is 0.0400. The van der Waals surface area contributed by atoms with E-state index in [0.717, 1.165) is 78.2 Å². The fourth-order valence-corrected chi connectivity index (χ4v) is 7.81. The summed E-state index contributed by atoms with van der Waals surface area (Å²) in [6, 6.07) is 62.7. The van der Waals surface area contributed by atoms with Gasteiger partial charge in [0.1, 0.15) is 22.5 Å². The largest absolute Gasteiger partial charge is 0.456 e. The van der Waals surface area contributed by atoms with Crippen LogP contribution in [0, 0.1) is 13.8 Å². The highest BCUT2D eigenvalue weighted by atomic mass is 16.3. The lowest BCUT2D eigenvalue weighted by atomic mass is 9.99. The Balaban J connectivity index is 1.06. The van der Waals surface area contributed by atoms with Gasteiger partial charge in [-0.05, 0) is 108 Å². The second-order valence-corrected chi connectivity index (χ2v) is 13.9. The number of anilines is 3. The number of nitrogens with zero attached hydrogens (tertiary/aromatic N) is 1. The molecule has 0 unspecified atom stereocenters. The van der Waals surface area contributed by atoms with Crippen molar-refractivity contribution >= 4 is 60.7 Å². The van der Waals surface area contributed by atoms with Crippen LogP contribution in [0.1, 0.15) is 11.1 Å². The molecule has 2 heterocycles. The molecule has 0 aliphatic rings. The summed E-state index contributed by atoms with van der Waals surface area (Å²) in [4.78, 5) is 2.37. The smallest absolute Gasteiger partial charge is 0.138 e. The highest BCUT2D eigenvalue weighted by molar-refractivity contribution is 6.06. The van der Waals surface area contributed by atoms with Crippen molar-refractivity contribution in [2.75, 3.05) is 4.90 Å². The number of rotatable bonds is 6. The fourth-order valence-electron chi connectivity index (χ4n) is 7.81. The third-order valence-corrected chi connectivity index (χ3v) is 10.5. The van der Waals surface area contributed by atoms with Crippen LogP contribution >= 0.6 is 0 Å². The van der Waals surface area contributed by atoms with Crippen LogP contribution in [0.3, 0.4) is 0 Å². The molecule has 0 atom stereocenters. The Morgan fingerprint density at radius 1 is 0.377 bits per heavy atom. The second-order valence-electron chi connectivity index (χ2n) is 13.9. The number of hydrogen-bond donors (Lipinski definition) is 0. The number of aryl methyl sites for hydroxylation is 2. The molecule has 0 bridgehead atoms. The van der Waals surface area contributed by atoms with Crippen LogP contribution in [0.15, 0.2) is 185 Å². The number of hydrogen-bond acceptors (Lipinski definition) is 3. The molecule has 0 saturated heterocycles. The average molecular weight is 682 g/mol. The van der Waals surface area contributed by atoms with Crippen molar-refractivity contribution in [1.82, 2.24) is 0 Å². The first-order valence-electron chi connectivity index (χ1n) is 18.1. The Morgan fingerprint density at radius 3 is 1.91 bits per heavy atom. The molecule has 3 heteroatoms. The lowest BCUT2D eigenvalue weighted by Gasteiger charge is -2.27. The minimum absolute atomic E-state index is 0.900. The maximum absolute atomic E-state index is 6.38. The summed E-state index contributed by atoms with van der Waals surface area (Å²) in [6.45, 7) is 4.27. The van der Waals surface area contributed by atoms with E-state index in [4.69, 9.17) is 8.83 Å². The first kappa shape index (κ1) is 30.9. The average Bonchev–Trinajstić information content (AvgIpc) is 3.75. The van der Waals surface area contributed by atoms with Crippen molar-refractivity contribution in [1.29, 1.82) is 0 Å². The summed E-state index contributed by atoms with van der Waals surface area (Å²) in [6.07, 6.45) is 0. The Hall–Kier alpha value is -6.84. The maximum atomic E-state index is 6.38. The highest BCUT2D eigenvalue weighted by Crippen LogP contribution is 2.42. The van der Waals surface area contributed by atoms with Gasteiger partial charge in [-0.2, -0.15) is 0 Å². The summed E-state index contributed by atoms with van der Waals surface area (Å²) >= 11 is 0. The molecule has 0 radical (unpaired) electrons. The minimum Gasteiger partial charge on any atom is -0.456 e. The van der Waals surface area contributed by atoms with Gasteiger partial charge in [-0.3, -0.25) is 0 Å². The quantitative estimate of drug-likeness (QED) is 0.175. The molecule has 0 fully saturated rings. The zero-order valence-corrected chi connectivity index (χ0v) is 29.5. The van der Waals surface area contributed by atoms with Gasteiger partial charge in [0.05, 0.1) is 5.69 Å². The van der Waals surface area contributed by atoms with Crippen molar-refractivity contribution in [2.24, 2.45) is 0 Å². The van der Waals surface area contributed by atoms with Gasteiger partial charge in [-0.25, -0.2) is 0 Å². The second kappa shape index (κ2) is 12.4. The molecular formula is C50H35NO2. The summed E-state index contributed by atoms with van der Waals surface area (Å²) < 4.78 is 12.5. The molecule has 252 valence electrons. The van der Waals surface area contributed by atoms with Crippen LogP contribution in [0.2, 0.25) is 0 Å². The van der Waals surface area contributed by atoms with Gasteiger partial charge in [0, 0.05) is 44.0 Å². The van der Waals surface area contributed by atoms with Crippen molar-refractivity contribution in [2.45, 2.75) is 13.8 Å². The lowest BCUT2D eigenvalue weighted by molar-refractivity contribution is 0.629. The van der Waals surface area contributed by atoms with Gasteiger partial charge in [-0.15, -0.1) is 0 Å². The Labute approximate surface area is 308 Å². The monoisotopic (exact) mass is 681 g/mol. The van der Waals surface area contributed by atoms with E-state index in [-0.39, 0.29) is 0 Å². The zero-order chi connectivity index (χ0) is 35.5. The molecule has 53 heavy (non-hydrogen) atoms. The zero-order valence-electron chi connectivity index (χ0n) is 29.5. The van der Waals surface area contributed by atoms with E-state index in [2.05, 4.69) is 183 Å². The molecule has 0 aliphatic heterocycles. The van der Waals surface area contributed by atoms with Crippen LogP contribution < -0.4 is 4.90 Å². The lowest BCUT2D eigenvalue weighted by Crippen LogP contribution is -2.10. The topological polar surface area (TPSA) is 29.5 Å². The van der Waals surface area contributed by atoms with Crippen LogP contribution in [0.4, 0.5) is 17.1 Å². The molecule has 0 N–H and O–H groups in total. The molecule has 10 aromatic rings. The standard InChI is InChI=1S/C50H35NO2/c1-32-20-26-48-44(28-32)33(2)50(53-48)39-14-7-12-36(29-39)34-21-24-40(25-22-34)51(46-18-9-11-35-10-3-4-16-42(35)46)41-15-8-13-37(30-41)38-23-27-49-45(31-38)43-17-5-6-19-47(43)52-49/h3-31H,1-2H3. The number of fused-ring (bicyclic) bond motifs is 5. The van der Waals surface area contributed by atoms with Crippen molar-refractivity contribution in [3.63, 3.8) is 0 Å². The van der Waals surface area contributed by atoms with Gasteiger partial charge in [0.2, 0.25) is 0 Å². The predicted octanol–water partition coefficient (Wildman–Crippen LogP) is 14.6. The van der Waals surface area contributed by atoms with E-state index in [1.54, 1.807) is 0 Å². The maximum Gasteiger partial charge on any atom is 0.138 e. The number of benzene rings is 8. The Bertz CT molecular complexity index is 2980. The first-order chi connectivity index (χ1) is 26.1. The van der Waals surface area contributed by atoms with E-state index in [1.165, 1.54) is 27.3 Å². The molecular weight excluding hydrogens is 647 g/mol. The first-order valence-corrected chi connectivity index (χ1v) is 18.1. The van der Waals surface area contributed by atoms with Gasteiger partial charge in [0.15, 0.2) is 0 Å². The van der Waals surface area contributed by atoms with Crippen LogP contribution in [0.25, 0.3) is 77.3 Å². The third kappa shape index (κ3) is 5.37. The van der Waals surface area contributed by atoms with Crippen LogP contribution in [-0.2, 0) is 0 Å². The summed E-state index contributed by atoms with van der Waals surface area (Å²) in [7, 11) is 0. The molecule has 0 saturated carbocycles. The summed E-state index contributed by atoms with van der Waals surface area (Å²) in [5, 5.41) is 5.82. The van der Waals surface area contributed by atoms with Crippen LogP contribution in [-0.4, -0.2) is 0 Å². The summed E-state index contributed by atoms with van der Waals surface area (Å²) in [5.74, 6) is 0.922. The summed E-state index contributed by atoms with van der Waals surface area (Å²) in [5.41, 5.74) is 14.1. The van der Waals surface area contributed by atoms with E-state index in [0.29, 0.717) is 0 Å². The SMILES string of the molecule is Cc1ccc2oc(-c3cccc(-c4ccc(N(c5cccc(-c6ccc7oc8ccccc8c7c6)c5)c5cccc6ccccc56)cc4)c3)c(C)c2c1. The van der Waals surface area contributed by atoms with Crippen molar-refractivity contribution in [3.8, 4) is 33.6 Å². The van der Waals surface area contributed by atoms with Crippen molar-refractivity contribution < 1.29 is 8.83 Å². The Morgan fingerprint density at radius 2 is 1.02 bits per heavy atom. The van der Waals surface area contributed by atoms with E-state index < -0.39 is 0 Å². The van der Waals surface area contributed by atoms with Gasteiger partial charge >= 0.3 is 0 Å². The molecule has 3 nitrogen and oxygen atoms in total. The predicted molar refractivity (Wildman–Crippen MR) is 221 cm³/mol. The van der Waals surface area contributed by atoms with Gasteiger partial charge < -0.3 is 13.7 Å². The Kier molecular flexibility index (Phi) is 7.26. The molecule has 8 aromatic carbocycles.